The predicted molar refractivity (Wildman–Crippen MR) is 62.2 cm³/mol. The molecule has 14 heavy (non-hydrogen) atoms. The first kappa shape index (κ1) is 11.7. The van der Waals surface area contributed by atoms with E-state index < -0.39 is 6.10 Å². The summed E-state index contributed by atoms with van der Waals surface area (Å²) in [6.45, 7) is 5.83. The second-order valence-corrected chi connectivity index (χ2v) is 4.54. The van der Waals surface area contributed by atoms with E-state index >= 15 is 0 Å². The Hall–Kier alpha value is -0.380. The van der Waals surface area contributed by atoms with Crippen LogP contribution in [0.25, 0.3) is 0 Å². The van der Waals surface area contributed by atoms with E-state index in [1.165, 1.54) is 0 Å². The van der Waals surface area contributed by atoms with Crippen molar-refractivity contribution in [2.45, 2.75) is 32.9 Å². The minimum atomic E-state index is -0.582. The molecule has 0 unspecified atom stereocenters. The van der Waals surface area contributed by atoms with E-state index in [-0.39, 0.29) is 6.04 Å². The lowest BCUT2D eigenvalue weighted by atomic mass is 9.96. The van der Waals surface area contributed by atoms with Crippen molar-refractivity contribution in [1.29, 1.82) is 0 Å². The molecule has 0 aliphatic heterocycles. The lowest BCUT2D eigenvalue weighted by Crippen LogP contribution is -2.25. The molecular weight excluding hydrogens is 242 g/mol. The van der Waals surface area contributed by atoms with Crippen LogP contribution in [0.15, 0.2) is 16.6 Å². The summed E-state index contributed by atoms with van der Waals surface area (Å²) < 4.78 is 1.07. The van der Waals surface area contributed by atoms with Gasteiger partial charge in [0.1, 0.15) is 0 Å². The molecule has 0 saturated carbocycles. The molecule has 1 aromatic carbocycles. The number of hydrogen-bond donors (Lipinski definition) is 2. The molecule has 0 radical (unpaired) electrons. The van der Waals surface area contributed by atoms with E-state index in [4.69, 9.17) is 5.73 Å². The van der Waals surface area contributed by atoms with Crippen LogP contribution in [0.2, 0.25) is 0 Å². The smallest absolute Gasteiger partial charge is 0.0940 e. The number of rotatable bonds is 2. The molecule has 0 saturated heterocycles. The van der Waals surface area contributed by atoms with Crippen molar-refractivity contribution < 1.29 is 5.11 Å². The van der Waals surface area contributed by atoms with Crippen LogP contribution >= 0.6 is 15.9 Å². The van der Waals surface area contributed by atoms with Crippen LogP contribution in [0.4, 0.5) is 0 Å². The number of aliphatic hydroxyl groups excluding tert-OH is 1. The molecule has 0 aliphatic rings. The highest BCUT2D eigenvalue weighted by molar-refractivity contribution is 9.10. The Labute approximate surface area is 93.3 Å². The van der Waals surface area contributed by atoms with Gasteiger partial charge in [0.2, 0.25) is 0 Å². The van der Waals surface area contributed by atoms with Gasteiger partial charge in [0.25, 0.3) is 0 Å². The summed E-state index contributed by atoms with van der Waals surface area (Å²) in [5.41, 5.74) is 8.84. The lowest BCUT2D eigenvalue weighted by Gasteiger charge is -2.19. The molecule has 2 atom stereocenters. The monoisotopic (exact) mass is 257 g/mol. The Morgan fingerprint density at radius 3 is 2.36 bits per heavy atom. The van der Waals surface area contributed by atoms with Gasteiger partial charge in [-0.15, -0.1) is 0 Å². The molecule has 3 heteroatoms. The third-order valence-electron chi connectivity index (χ3n) is 2.58. The van der Waals surface area contributed by atoms with Crippen LogP contribution in [0.5, 0.6) is 0 Å². The zero-order valence-corrected chi connectivity index (χ0v) is 10.3. The Morgan fingerprint density at radius 1 is 1.29 bits per heavy atom. The molecule has 0 heterocycles. The van der Waals surface area contributed by atoms with Gasteiger partial charge in [0, 0.05) is 10.5 Å². The van der Waals surface area contributed by atoms with Crippen LogP contribution in [0.3, 0.4) is 0 Å². The van der Waals surface area contributed by atoms with E-state index in [0.29, 0.717) is 0 Å². The third-order valence-corrected chi connectivity index (χ3v) is 3.44. The second kappa shape index (κ2) is 4.43. The first-order chi connectivity index (χ1) is 6.45. The van der Waals surface area contributed by atoms with Crippen molar-refractivity contribution in [3.05, 3.63) is 33.3 Å². The number of nitrogens with two attached hydrogens (primary N) is 1. The Bertz CT molecular complexity index is 336. The molecule has 0 aromatic heterocycles. The van der Waals surface area contributed by atoms with Gasteiger partial charge in [-0.3, -0.25) is 0 Å². The van der Waals surface area contributed by atoms with Gasteiger partial charge < -0.3 is 10.8 Å². The number of hydrogen-bond acceptors (Lipinski definition) is 2. The van der Waals surface area contributed by atoms with E-state index in [0.717, 1.165) is 21.2 Å². The van der Waals surface area contributed by atoms with Crippen molar-refractivity contribution in [2.75, 3.05) is 0 Å². The third kappa shape index (κ3) is 2.16. The van der Waals surface area contributed by atoms with Crippen molar-refractivity contribution in [3.63, 3.8) is 0 Å². The quantitative estimate of drug-likeness (QED) is 0.855. The molecule has 78 valence electrons. The number of aliphatic hydroxyl groups is 1. The largest absolute Gasteiger partial charge is 0.387 e. The predicted octanol–water partition coefficient (Wildman–Crippen LogP) is 2.45. The molecule has 0 fully saturated rings. The van der Waals surface area contributed by atoms with Gasteiger partial charge in [0.15, 0.2) is 0 Å². The van der Waals surface area contributed by atoms with Gasteiger partial charge in [-0.25, -0.2) is 0 Å². The van der Waals surface area contributed by atoms with Gasteiger partial charge >= 0.3 is 0 Å². The van der Waals surface area contributed by atoms with E-state index in [1.54, 1.807) is 0 Å². The SMILES string of the molecule is Cc1c(Br)ccc([C@@H](O)[C@H](C)N)c1C. The molecule has 0 spiro atoms. The van der Waals surface area contributed by atoms with Gasteiger partial charge in [-0.05, 0) is 43.5 Å². The van der Waals surface area contributed by atoms with Gasteiger partial charge in [-0.2, -0.15) is 0 Å². The highest BCUT2D eigenvalue weighted by atomic mass is 79.9. The summed E-state index contributed by atoms with van der Waals surface area (Å²) in [7, 11) is 0. The molecular formula is C11H16BrNO. The topological polar surface area (TPSA) is 46.2 Å². The van der Waals surface area contributed by atoms with E-state index in [2.05, 4.69) is 15.9 Å². The van der Waals surface area contributed by atoms with E-state index in [1.807, 2.05) is 32.9 Å². The average Bonchev–Trinajstić information content (AvgIpc) is 2.13. The van der Waals surface area contributed by atoms with Gasteiger partial charge in [-0.1, -0.05) is 22.0 Å². The summed E-state index contributed by atoms with van der Waals surface area (Å²) in [6.07, 6.45) is -0.582. The molecule has 3 N–H and O–H groups in total. The fourth-order valence-corrected chi connectivity index (χ4v) is 1.84. The number of halogens is 1. The standard InChI is InChI=1S/C11H16BrNO/c1-6-7(2)10(12)5-4-9(6)11(14)8(3)13/h4-5,8,11,14H,13H2,1-3H3/t8-,11-/m0/s1. The summed E-state index contributed by atoms with van der Waals surface area (Å²) in [4.78, 5) is 0. The molecule has 2 nitrogen and oxygen atoms in total. The second-order valence-electron chi connectivity index (χ2n) is 3.69. The average molecular weight is 258 g/mol. The van der Waals surface area contributed by atoms with Crippen molar-refractivity contribution in [2.24, 2.45) is 5.73 Å². The Balaban J connectivity index is 3.17. The molecule has 0 amide bonds. The Kier molecular flexibility index (Phi) is 3.70. The zero-order chi connectivity index (χ0) is 10.9. The van der Waals surface area contributed by atoms with Crippen LogP contribution in [0, 0.1) is 13.8 Å². The maximum atomic E-state index is 9.85. The minimum Gasteiger partial charge on any atom is -0.387 e. The zero-order valence-electron chi connectivity index (χ0n) is 8.71. The van der Waals surface area contributed by atoms with Crippen molar-refractivity contribution in [3.8, 4) is 0 Å². The van der Waals surface area contributed by atoms with Gasteiger partial charge in [0.05, 0.1) is 6.10 Å². The number of benzene rings is 1. The Morgan fingerprint density at radius 2 is 1.86 bits per heavy atom. The van der Waals surface area contributed by atoms with Crippen LogP contribution in [-0.2, 0) is 0 Å². The minimum absolute atomic E-state index is 0.241. The fourth-order valence-electron chi connectivity index (χ4n) is 1.41. The molecule has 0 bridgehead atoms. The highest BCUT2D eigenvalue weighted by Gasteiger charge is 2.16. The molecule has 0 aliphatic carbocycles. The highest BCUT2D eigenvalue weighted by Crippen LogP contribution is 2.27. The lowest BCUT2D eigenvalue weighted by molar-refractivity contribution is 0.152. The maximum absolute atomic E-state index is 9.85. The normalized spacial score (nSPS) is 15.3. The van der Waals surface area contributed by atoms with Crippen molar-refractivity contribution in [1.82, 2.24) is 0 Å². The summed E-state index contributed by atoms with van der Waals surface area (Å²) in [5, 5.41) is 9.85. The summed E-state index contributed by atoms with van der Waals surface area (Å²) >= 11 is 3.45. The van der Waals surface area contributed by atoms with Crippen LogP contribution < -0.4 is 5.73 Å². The summed E-state index contributed by atoms with van der Waals surface area (Å²) in [6, 6.07) is 3.62. The van der Waals surface area contributed by atoms with Crippen LogP contribution in [0.1, 0.15) is 29.7 Å². The van der Waals surface area contributed by atoms with Crippen molar-refractivity contribution >= 4 is 15.9 Å². The first-order valence-electron chi connectivity index (χ1n) is 4.64. The maximum Gasteiger partial charge on any atom is 0.0940 e. The molecule has 1 rings (SSSR count). The van der Waals surface area contributed by atoms with E-state index in [9.17, 15) is 5.11 Å². The first-order valence-corrected chi connectivity index (χ1v) is 5.43. The molecule has 1 aromatic rings. The summed E-state index contributed by atoms with van der Waals surface area (Å²) in [5.74, 6) is 0. The fraction of sp³-hybridized carbons (Fsp3) is 0.455. The van der Waals surface area contributed by atoms with Crippen LogP contribution in [-0.4, -0.2) is 11.1 Å².